The van der Waals surface area contributed by atoms with E-state index >= 15 is 0 Å². The number of hydrogen-bond donors (Lipinski definition) is 6. The predicted molar refractivity (Wildman–Crippen MR) is 297 cm³/mol. The predicted octanol–water partition coefficient (Wildman–Crippen LogP) is 13.7. The summed E-state index contributed by atoms with van der Waals surface area (Å²) in [5.74, 6) is -1.21. The number of allylic oxidation sites excluding steroid dienone is 7. The van der Waals surface area contributed by atoms with Crippen LogP contribution in [0.4, 0.5) is 0 Å². The van der Waals surface area contributed by atoms with Crippen LogP contribution >= 0.6 is 0 Å². The van der Waals surface area contributed by atoms with Gasteiger partial charge in [-0.05, 0) is 64.2 Å². The summed E-state index contributed by atoms with van der Waals surface area (Å²) in [7, 11) is 0. The van der Waals surface area contributed by atoms with Crippen LogP contribution in [-0.4, -0.2) is 99.6 Å². The van der Waals surface area contributed by atoms with Gasteiger partial charge in [0.1, 0.15) is 24.4 Å². The normalized spacial score (nSPS) is 19.8. The summed E-state index contributed by atoms with van der Waals surface area (Å²) in [6.45, 7) is 5.75. The molecule has 0 saturated carbocycles. The minimum atomic E-state index is -1.62. The van der Waals surface area contributed by atoms with Crippen LogP contribution < -0.4 is 5.32 Å². The molecule has 1 amide bonds. The van der Waals surface area contributed by atoms with Gasteiger partial charge in [0, 0.05) is 6.42 Å². The molecule has 6 N–H and O–H groups in total. The highest BCUT2D eigenvalue weighted by Crippen LogP contribution is 2.26. The monoisotopic (exact) mass is 1020 g/mol. The summed E-state index contributed by atoms with van der Waals surface area (Å²) in [6, 6.07) is -1.03. The minimum Gasteiger partial charge on any atom is -0.454 e. The zero-order valence-electron chi connectivity index (χ0n) is 46.3. The van der Waals surface area contributed by atoms with E-state index in [1.165, 1.54) is 135 Å². The average Bonchev–Trinajstić information content (AvgIpc) is 3.38. The number of amides is 1. The van der Waals surface area contributed by atoms with Crippen molar-refractivity contribution in [2.45, 2.75) is 314 Å². The van der Waals surface area contributed by atoms with E-state index in [1.54, 1.807) is 6.08 Å². The largest absolute Gasteiger partial charge is 0.454 e. The molecule has 0 spiro atoms. The Morgan fingerprint density at radius 3 is 1.46 bits per heavy atom. The Balaban J connectivity index is 2.72. The number of aliphatic hydroxyl groups is 5. The number of nitrogens with one attached hydrogen (secondary N) is 1. The summed E-state index contributed by atoms with van der Waals surface area (Å²) in [5.41, 5.74) is 0. The fourth-order valence-corrected chi connectivity index (χ4v) is 9.19. The second-order valence-corrected chi connectivity index (χ2v) is 20.7. The molecule has 0 aromatic carbocycles. The van der Waals surface area contributed by atoms with E-state index in [1.807, 2.05) is 6.08 Å². The average molecular weight is 1020 g/mol. The smallest absolute Gasteiger partial charge is 0.306 e. The highest BCUT2D eigenvalue weighted by molar-refractivity contribution is 5.80. The molecule has 11 heteroatoms. The molecule has 0 aromatic rings. The highest BCUT2D eigenvalue weighted by Gasteiger charge is 2.47. The van der Waals surface area contributed by atoms with Crippen molar-refractivity contribution in [3.8, 4) is 0 Å². The Hall–Kier alpha value is -2.38. The number of esters is 1. The maximum Gasteiger partial charge on any atom is 0.306 e. The number of ether oxygens (including phenoxy) is 3. The van der Waals surface area contributed by atoms with Gasteiger partial charge < -0.3 is 45.1 Å². The molecule has 11 nitrogen and oxygen atoms in total. The van der Waals surface area contributed by atoms with Crippen molar-refractivity contribution in [2.24, 2.45) is 0 Å². The standard InChI is InChI=1S/C61H111NO10/c1-4-7-10-13-16-19-22-25-27-28-29-31-34-37-40-43-46-49-56(66)72-59-58(68)57(67)55(50-63)71-61(59)70-51-52(53(64)47-44-41-38-35-32-24-21-18-15-12-9-6-3)62-60(69)54(65)48-45-42-39-36-33-30-26-23-20-17-14-11-8-5-2/h16,19,25,27,29,31,44,47,52-55,57-59,61,63-65,67-68H,4-15,17-18,20-24,26,28,30,32-43,45-46,48-51H2,1-3H3,(H,62,69)/b19-16-,27-25-,31-29-,47-44+. The van der Waals surface area contributed by atoms with Crippen LogP contribution in [0.1, 0.15) is 265 Å². The second kappa shape index (κ2) is 49.5. The number of carbonyl (C=O) groups is 2. The van der Waals surface area contributed by atoms with Crippen molar-refractivity contribution in [3.05, 3.63) is 48.6 Å². The van der Waals surface area contributed by atoms with Crippen LogP contribution in [0.15, 0.2) is 48.6 Å². The summed E-state index contributed by atoms with van der Waals surface area (Å²) >= 11 is 0. The van der Waals surface area contributed by atoms with Crippen molar-refractivity contribution in [2.75, 3.05) is 13.2 Å². The molecular weight excluding hydrogens is 907 g/mol. The van der Waals surface area contributed by atoms with Gasteiger partial charge in [-0.15, -0.1) is 0 Å². The molecule has 1 saturated heterocycles. The molecule has 0 aliphatic carbocycles. The molecular formula is C61H111NO10. The fraction of sp³-hybridized carbons (Fsp3) is 0.836. The van der Waals surface area contributed by atoms with Crippen molar-refractivity contribution in [1.29, 1.82) is 0 Å². The third-order valence-electron chi connectivity index (χ3n) is 14.0. The molecule has 1 aliphatic rings. The van der Waals surface area contributed by atoms with Crippen LogP contribution in [0.5, 0.6) is 0 Å². The first-order valence-corrected chi connectivity index (χ1v) is 29.9. The lowest BCUT2D eigenvalue weighted by Gasteiger charge is -2.41. The third kappa shape index (κ3) is 37.4. The summed E-state index contributed by atoms with van der Waals surface area (Å²) in [6.07, 6.45) is 48.6. The van der Waals surface area contributed by atoms with E-state index in [0.29, 0.717) is 19.3 Å². The van der Waals surface area contributed by atoms with Gasteiger partial charge in [0.15, 0.2) is 12.4 Å². The number of rotatable bonds is 50. The molecule has 1 aliphatic heterocycles. The van der Waals surface area contributed by atoms with Gasteiger partial charge in [-0.2, -0.15) is 0 Å². The fourth-order valence-electron chi connectivity index (χ4n) is 9.19. The van der Waals surface area contributed by atoms with Crippen molar-refractivity contribution in [3.63, 3.8) is 0 Å². The highest BCUT2D eigenvalue weighted by atomic mass is 16.7. The molecule has 0 radical (unpaired) electrons. The van der Waals surface area contributed by atoms with Gasteiger partial charge in [0.05, 0.1) is 25.4 Å². The summed E-state index contributed by atoms with van der Waals surface area (Å²) < 4.78 is 17.6. The van der Waals surface area contributed by atoms with E-state index in [9.17, 15) is 35.1 Å². The number of hydrogen-bond acceptors (Lipinski definition) is 10. The Bertz CT molecular complexity index is 1350. The van der Waals surface area contributed by atoms with Crippen molar-refractivity contribution in [1.82, 2.24) is 5.32 Å². The van der Waals surface area contributed by atoms with Crippen LogP contribution in [0, 0.1) is 0 Å². The Morgan fingerprint density at radius 2 is 0.958 bits per heavy atom. The maximum absolute atomic E-state index is 13.4. The maximum atomic E-state index is 13.4. The number of unbranched alkanes of at least 4 members (excludes halogenated alkanes) is 30. The lowest BCUT2D eigenvalue weighted by atomic mass is 9.99. The van der Waals surface area contributed by atoms with Gasteiger partial charge in [-0.25, -0.2) is 0 Å². The van der Waals surface area contributed by atoms with Crippen molar-refractivity contribution >= 4 is 11.9 Å². The molecule has 0 aromatic heterocycles. The molecule has 72 heavy (non-hydrogen) atoms. The van der Waals surface area contributed by atoms with Crippen LogP contribution in [0.2, 0.25) is 0 Å². The van der Waals surface area contributed by atoms with Crippen LogP contribution in [0.3, 0.4) is 0 Å². The Labute approximate surface area is 440 Å². The molecule has 8 atom stereocenters. The first kappa shape index (κ1) is 67.6. The van der Waals surface area contributed by atoms with E-state index in [0.717, 1.165) is 83.5 Å². The molecule has 8 unspecified atom stereocenters. The topological polar surface area (TPSA) is 175 Å². The quantitative estimate of drug-likeness (QED) is 0.0195. The zero-order valence-corrected chi connectivity index (χ0v) is 46.3. The first-order chi connectivity index (χ1) is 35.2. The lowest BCUT2D eigenvalue weighted by Crippen LogP contribution is -2.61. The first-order valence-electron chi connectivity index (χ1n) is 29.9. The van der Waals surface area contributed by atoms with Gasteiger partial charge in [-0.1, -0.05) is 243 Å². The Kier molecular flexibility index (Phi) is 46.5. The molecule has 420 valence electrons. The van der Waals surface area contributed by atoms with E-state index in [-0.39, 0.29) is 13.0 Å². The van der Waals surface area contributed by atoms with E-state index < -0.39 is 67.4 Å². The number of carbonyl (C=O) groups excluding carboxylic acids is 2. The van der Waals surface area contributed by atoms with Crippen LogP contribution in [-0.2, 0) is 23.8 Å². The van der Waals surface area contributed by atoms with E-state index in [2.05, 4.69) is 62.5 Å². The summed E-state index contributed by atoms with van der Waals surface area (Å²) in [5, 5.41) is 56.9. The third-order valence-corrected chi connectivity index (χ3v) is 14.0. The molecule has 1 fully saturated rings. The molecule has 1 heterocycles. The van der Waals surface area contributed by atoms with Gasteiger partial charge >= 0.3 is 5.97 Å². The van der Waals surface area contributed by atoms with E-state index in [4.69, 9.17) is 14.2 Å². The van der Waals surface area contributed by atoms with Crippen molar-refractivity contribution < 1.29 is 49.3 Å². The minimum absolute atomic E-state index is 0.0988. The molecule has 1 rings (SSSR count). The lowest BCUT2D eigenvalue weighted by molar-refractivity contribution is -0.305. The zero-order chi connectivity index (χ0) is 52.5. The SMILES string of the molecule is CCCCC/C=C\C/C=C\C/C=C\CCCCCCC(=O)OC1C(OCC(NC(=O)C(O)CCCCCCCCCCCCCCCC)C(O)/C=C/CCCCCCCCCCCC)OC(CO)C(O)C1O. The Morgan fingerprint density at radius 1 is 0.542 bits per heavy atom. The van der Waals surface area contributed by atoms with Gasteiger partial charge in [0.2, 0.25) is 5.91 Å². The van der Waals surface area contributed by atoms with Crippen LogP contribution in [0.25, 0.3) is 0 Å². The molecule has 0 bridgehead atoms. The second-order valence-electron chi connectivity index (χ2n) is 20.7. The van der Waals surface area contributed by atoms with Gasteiger partial charge in [-0.3, -0.25) is 9.59 Å². The summed E-state index contributed by atoms with van der Waals surface area (Å²) in [4.78, 5) is 26.5. The number of aliphatic hydroxyl groups excluding tert-OH is 5. The van der Waals surface area contributed by atoms with Gasteiger partial charge in [0.25, 0.3) is 0 Å².